The van der Waals surface area contributed by atoms with Crippen LogP contribution in [-0.2, 0) is 13.1 Å². The highest BCUT2D eigenvalue weighted by molar-refractivity contribution is 5.16. The fraction of sp³-hybridized carbons (Fsp3) is 0.714. The zero-order chi connectivity index (χ0) is 12.7. The van der Waals surface area contributed by atoms with Gasteiger partial charge >= 0.3 is 0 Å². The Labute approximate surface area is 105 Å². The monoisotopic (exact) mass is 238 g/mol. The fourth-order valence-electron chi connectivity index (χ4n) is 1.95. The smallest absolute Gasteiger partial charge is 0.122 e. The highest BCUT2D eigenvalue weighted by atomic mass is 16.3. The molecule has 0 spiro atoms. The van der Waals surface area contributed by atoms with Crippen molar-refractivity contribution in [2.75, 3.05) is 6.54 Å². The summed E-state index contributed by atoms with van der Waals surface area (Å²) in [7, 11) is 0. The summed E-state index contributed by atoms with van der Waals surface area (Å²) in [6.45, 7) is 9.32. The molecule has 0 saturated heterocycles. The number of nitrogens with two attached hydrogens (primary N) is 1. The predicted octanol–water partition coefficient (Wildman–Crippen LogP) is 3.14. The third kappa shape index (κ3) is 4.17. The molecule has 3 nitrogen and oxygen atoms in total. The van der Waals surface area contributed by atoms with Gasteiger partial charge in [0.15, 0.2) is 0 Å². The second-order valence-corrected chi connectivity index (χ2v) is 4.65. The van der Waals surface area contributed by atoms with Crippen LogP contribution in [0.3, 0.4) is 0 Å². The van der Waals surface area contributed by atoms with Crippen LogP contribution in [0, 0.1) is 0 Å². The first-order valence-corrected chi connectivity index (χ1v) is 6.72. The van der Waals surface area contributed by atoms with Gasteiger partial charge < -0.3 is 10.2 Å². The molecular weight excluding hydrogens is 212 g/mol. The summed E-state index contributed by atoms with van der Waals surface area (Å²) in [6.07, 6.45) is 5.38. The summed E-state index contributed by atoms with van der Waals surface area (Å²) >= 11 is 0. The van der Waals surface area contributed by atoms with E-state index in [-0.39, 0.29) is 0 Å². The molecule has 1 heterocycles. The highest BCUT2D eigenvalue weighted by Gasteiger charge is 2.15. The van der Waals surface area contributed by atoms with Crippen molar-refractivity contribution in [1.29, 1.82) is 0 Å². The van der Waals surface area contributed by atoms with E-state index in [4.69, 9.17) is 10.2 Å². The van der Waals surface area contributed by atoms with Gasteiger partial charge in [-0.15, -0.1) is 0 Å². The Morgan fingerprint density at radius 2 is 2.18 bits per heavy atom. The maximum atomic E-state index is 5.70. The van der Waals surface area contributed by atoms with E-state index >= 15 is 0 Å². The van der Waals surface area contributed by atoms with E-state index in [9.17, 15) is 0 Å². The minimum absolute atomic E-state index is 0.563. The first kappa shape index (κ1) is 14.3. The maximum absolute atomic E-state index is 5.70. The molecule has 0 fully saturated rings. The number of hydrogen-bond donors (Lipinski definition) is 1. The lowest BCUT2D eigenvalue weighted by atomic mass is 10.1. The molecule has 0 radical (unpaired) electrons. The van der Waals surface area contributed by atoms with Crippen LogP contribution in [-0.4, -0.2) is 17.5 Å². The van der Waals surface area contributed by atoms with E-state index in [1.165, 1.54) is 19.3 Å². The number of unbranched alkanes of at least 4 members (excludes halogenated alkanes) is 1. The minimum atomic E-state index is 0.563. The van der Waals surface area contributed by atoms with Gasteiger partial charge in [-0.05, 0) is 32.4 Å². The Kier molecular flexibility index (Phi) is 6.30. The fourth-order valence-corrected chi connectivity index (χ4v) is 1.95. The quantitative estimate of drug-likeness (QED) is 0.756. The molecule has 0 aromatic carbocycles. The van der Waals surface area contributed by atoms with Crippen LogP contribution in [0.5, 0.6) is 0 Å². The second-order valence-electron chi connectivity index (χ2n) is 4.65. The average Bonchev–Trinajstić information content (AvgIpc) is 2.80. The third-order valence-corrected chi connectivity index (χ3v) is 3.42. The third-order valence-electron chi connectivity index (χ3n) is 3.42. The van der Waals surface area contributed by atoms with Gasteiger partial charge in [0.05, 0.1) is 12.8 Å². The Bertz CT molecular complexity index is 309. The van der Waals surface area contributed by atoms with Gasteiger partial charge in [0, 0.05) is 18.2 Å². The molecule has 1 unspecified atom stereocenters. The normalized spacial score (nSPS) is 13.2. The van der Waals surface area contributed by atoms with Gasteiger partial charge in [0.1, 0.15) is 5.76 Å². The molecule has 0 aliphatic carbocycles. The summed E-state index contributed by atoms with van der Waals surface area (Å²) in [5, 5.41) is 0. The Balaban J connectivity index is 2.64. The first-order chi connectivity index (χ1) is 8.22. The van der Waals surface area contributed by atoms with Crippen LogP contribution >= 0.6 is 0 Å². The maximum Gasteiger partial charge on any atom is 0.122 e. The summed E-state index contributed by atoms with van der Waals surface area (Å²) in [5.41, 5.74) is 6.84. The van der Waals surface area contributed by atoms with Crippen molar-refractivity contribution in [2.45, 2.75) is 59.2 Å². The van der Waals surface area contributed by atoms with E-state index < -0.39 is 0 Å². The van der Waals surface area contributed by atoms with E-state index in [1.807, 2.05) is 6.07 Å². The molecule has 2 N–H and O–H groups in total. The molecule has 98 valence electrons. The zero-order valence-corrected chi connectivity index (χ0v) is 11.4. The number of rotatable bonds is 8. The number of furan rings is 1. The van der Waals surface area contributed by atoms with Crippen molar-refractivity contribution in [3.8, 4) is 0 Å². The molecule has 1 aromatic heterocycles. The summed E-state index contributed by atoms with van der Waals surface area (Å²) in [6, 6.07) is 2.57. The van der Waals surface area contributed by atoms with E-state index in [0.717, 1.165) is 24.4 Å². The van der Waals surface area contributed by atoms with Gasteiger partial charge in [-0.1, -0.05) is 20.3 Å². The molecule has 3 heteroatoms. The Morgan fingerprint density at radius 1 is 1.41 bits per heavy atom. The van der Waals surface area contributed by atoms with Crippen molar-refractivity contribution in [3.05, 3.63) is 23.7 Å². The van der Waals surface area contributed by atoms with E-state index in [1.54, 1.807) is 6.26 Å². The number of nitrogens with zero attached hydrogens (tertiary/aromatic N) is 1. The molecule has 17 heavy (non-hydrogen) atoms. The summed E-state index contributed by atoms with van der Waals surface area (Å²) < 4.78 is 5.54. The van der Waals surface area contributed by atoms with Crippen molar-refractivity contribution in [1.82, 2.24) is 4.90 Å². The largest absolute Gasteiger partial charge is 0.468 e. The summed E-state index contributed by atoms with van der Waals surface area (Å²) in [4.78, 5) is 2.49. The summed E-state index contributed by atoms with van der Waals surface area (Å²) in [5.74, 6) is 1.03. The molecule has 0 saturated carbocycles. The lowest BCUT2D eigenvalue weighted by Gasteiger charge is -2.27. The number of hydrogen-bond acceptors (Lipinski definition) is 3. The van der Waals surface area contributed by atoms with Crippen LogP contribution in [0.15, 0.2) is 16.7 Å². The van der Waals surface area contributed by atoms with Gasteiger partial charge in [-0.3, -0.25) is 4.90 Å². The van der Waals surface area contributed by atoms with Crippen molar-refractivity contribution >= 4 is 0 Å². The molecule has 1 rings (SSSR count). The van der Waals surface area contributed by atoms with Crippen molar-refractivity contribution in [2.24, 2.45) is 5.73 Å². The Morgan fingerprint density at radius 3 is 2.76 bits per heavy atom. The van der Waals surface area contributed by atoms with E-state index in [0.29, 0.717) is 12.6 Å². The lowest BCUT2D eigenvalue weighted by molar-refractivity contribution is 0.177. The predicted molar refractivity (Wildman–Crippen MR) is 71.7 cm³/mol. The zero-order valence-electron chi connectivity index (χ0n) is 11.4. The van der Waals surface area contributed by atoms with E-state index in [2.05, 4.69) is 25.7 Å². The molecule has 1 aromatic rings. The Hall–Kier alpha value is -0.800. The molecule has 0 aliphatic rings. The molecular formula is C14H26N2O. The average molecular weight is 238 g/mol. The van der Waals surface area contributed by atoms with Gasteiger partial charge in [0.2, 0.25) is 0 Å². The van der Waals surface area contributed by atoms with Gasteiger partial charge in [-0.25, -0.2) is 0 Å². The van der Waals surface area contributed by atoms with Crippen LogP contribution < -0.4 is 5.73 Å². The van der Waals surface area contributed by atoms with Crippen LogP contribution in [0.4, 0.5) is 0 Å². The molecule has 0 amide bonds. The lowest BCUT2D eigenvalue weighted by Crippen LogP contribution is -2.33. The van der Waals surface area contributed by atoms with Crippen LogP contribution in [0.1, 0.15) is 51.4 Å². The standard InChI is InChI=1S/C14H26N2O/c1-4-6-8-16(12(3)5-2)11-14-13(10-15)7-9-17-14/h7,9,12H,4-6,8,10-11,15H2,1-3H3. The van der Waals surface area contributed by atoms with Gasteiger partial charge in [-0.2, -0.15) is 0 Å². The van der Waals surface area contributed by atoms with Crippen LogP contribution in [0.25, 0.3) is 0 Å². The van der Waals surface area contributed by atoms with Crippen molar-refractivity contribution in [3.63, 3.8) is 0 Å². The van der Waals surface area contributed by atoms with Gasteiger partial charge in [0.25, 0.3) is 0 Å². The molecule has 1 atom stereocenters. The molecule has 0 aliphatic heterocycles. The minimum Gasteiger partial charge on any atom is -0.468 e. The van der Waals surface area contributed by atoms with Crippen LogP contribution in [0.2, 0.25) is 0 Å². The SMILES string of the molecule is CCCCN(Cc1occc1CN)C(C)CC. The topological polar surface area (TPSA) is 42.4 Å². The molecule has 0 bridgehead atoms. The second kappa shape index (κ2) is 7.51. The first-order valence-electron chi connectivity index (χ1n) is 6.72. The van der Waals surface area contributed by atoms with Crippen molar-refractivity contribution < 1.29 is 4.42 Å². The highest BCUT2D eigenvalue weighted by Crippen LogP contribution is 2.16.